The Morgan fingerprint density at radius 2 is 2.08 bits per heavy atom. The van der Waals surface area contributed by atoms with Crippen LogP contribution in [0.25, 0.3) is 0 Å². The number of rotatable bonds is 3. The van der Waals surface area contributed by atoms with E-state index in [-0.39, 0.29) is 0 Å². The minimum Gasteiger partial charge on any atom is -0.335 e. The second-order valence-corrected chi connectivity index (χ2v) is 3.74. The Morgan fingerprint density at radius 3 is 2.54 bits per heavy atom. The third-order valence-corrected chi connectivity index (χ3v) is 2.40. The van der Waals surface area contributed by atoms with Crippen LogP contribution < -0.4 is 5.73 Å². The van der Waals surface area contributed by atoms with Crippen LogP contribution in [0.3, 0.4) is 0 Å². The molecule has 0 amide bonds. The molecule has 0 spiro atoms. The van der Waals surface area contributed by atoms with Gasteiger partial charge in [0.1, 0.15) is 5.82 Å². The third kappa shape index (κ3) is 1.91. The number of imidazole rings is 1. The van der Waals surface area contributed by atoms with E-state index >= 15 is 0 Å². The molecule has 13 heavy (non-hydrogen) atoms. The smallest absolute Gasteiger partial charge is 0.105 e. The fourth-order valence-corrected chi connectivity index (χ4v) is 1.58. The predicted octanol–water partition coefficient (Wildman–Crippen LogP) is 1.35. The lowest BCUT2D eigenvalue weighted by Gasteiger charge is -2.06. The van der Waals surface area contributed by atoms with Crippen molar-refractivity contribution in [3.05, 3.63) is 17.2 Å². The molecule has 1 rings (SSSR count). The van der Waals surface area contributed by atoms with Gasteiger partial charge in [0.15, 0.2) is 0 Å². The molecule has 0 aliphatic rings. The number of aryl methyl sites for hydroxylation is 1. The summed E-state index contributed by atoms with van der Waals surface area (Å²) < 4.78 is 2.14. The SMILES string of the molecule is Cc1nc(C(C)C)c(CCN)n1C. The molecule has 0 aliphatic carbocycles. The molecule has 0 radical (unpaired) electrons. The number of hydrogen-bond donors (Lipinski definition) is 1. The predicted molar refractivity (Wildman–Crippen MR) is 54.8 cm³/mol. The fraction of sp³-hybridized carbons (Fsp3) is 0.700. The van der Waals surface area contributed by atoms with Crippen LogP contribution in [0.15, 0.2) is 0 Å². The molecule has 0 saturated carbocycles. The van der Waals surface area contributed by atoms with Gasteiger partial charge in [-0.25, -0.2) is 4.98 Å². The molecule has 0 saturated heterocycles. The highest BCUT2D eigenvalue weighted by Crippen LogP contribution is 2.19. The van der Waals surface area contributed by atoms with Crippen LogP contribution in [0, 0.1) is 6.92 Å². The summed E-state index contributed by atoms with van der Waals surface area (Å²) >= 11 is 0. The molecule has 1 heterocycles. The molecule has 1 aromatic heterocycles. The summed E-state index contributed by atoms with van der Waals surface area (Å²) in [6.07, 6.45) is 0.921. The van der Waals surface area contributed by atoms with Crippen molar-refractivity contribution in [2.24, 2.45) is 12.8 Å². The Hall–Kier alpha value is -0.830. The van der Waals surface area contributed by atoms with E-state index in [1.54, 1.807) is 0 Å². The highest BCUT2D eigenvalue weighted by molar-refractivity contribution is 5.20. The molecule has 74 valence electrons. The van der Waals surface area contributed by atoms with E-state index < -0.39 is 0 Å². The lowest BCUT2D eigenvalue weighted by Crippen LogP contribution is -2.09. The molecule has 3 nitrogen and oxygen atoms in total. The van der Waals surface area contributed by atoms with Crippen molar-refractivity contribution in [3.63, 3.8) is 0 Å². The zero-order valence-corrected chi connectivity index (χ0v) is 8.96. The van der Waals surface area contributed by atoms with Gasteiger partial charge in [-0.05, 0) is 19.4 Å². The Morgan fingerprint density at radius 1 is 1.46 bits per heavy atom. The average Bonchev–Trinajstić information content (AvgIpc) is 2.33. The number of nitrogens with two attached hydrogens (primary N) is 1. The third-order valence-electron chi connectivity index (χ3n) is 2.40. The lowest BCUT2D eigenvalue weighted by molar-refractivity contribution is 0.753. The molecule has 3 heteroatoms. The Labute approximate surface area is 80.0 Å². The normalized spacial score (nSPS) is 11.2. The molecule has 0 bridgehead atoms. The molecule has 0 fully saturated rings. The van der Waals surface area contributed by atoms with Crippen molar-refractivity contribution in [1.29, 1.82) is 0 Å². The Balaban J connectivity index is 3.11. The van der Waals surface area contributed by atoms with Gasteiger partial charge < -0.3 is 10.3 Å². The summed E-state index contributed by atoms with van der Waals surface area (Å²) in [5.41, 5.74) is 8.05. The molecule has 2 N–H and O–H groups in total. The fourth-order valence-electron chi connectivity index (χ4n) is 1.58. The summed E-state index contributed by atoms with van der Waals surface area (Å²) in [6.45, 7) is 7.06. The molecule has 0 aromatic carbocycles. The van der Waals surface area contributed by atoms with E-state index in [0.29, 0.717) is 12.5 Å². The van der Waals surface area contributed by atoms with E-state index in [1.165, 1.54) is 11.4 Å². The maximum atomic E-state index is 5.57. The number of aromatic nitrogens is 2. The summed E-state index contributed by atoms with van der Waals surface area (Å²) in [5, 5.41) is 0. The van der Waals surface area contributed by atoms with Crippen molar-refractivity contribution in [2.45, 2.75) is 33.1 Å². The summed E-state index contributed by atoms with van der Waals surface area (Å²) in [7, 11) is 2.05. The first kappa shape index (κ1) is 10.3. The van der Waals surface area contributed by atoms with E-state index in [0.717, 1.165) is 12.2 Å². The van der Waals surface area contributed by atoms with Gasteiger partial charge in [-0.1, -0.05) is 13.8 Å². The van der Waals surface area contributed by atoms with Gasteiger partial charge >= 0.3 is 0 Å². The maximum absolute atomic E-state index is 5.57. The van der Waals surface area contributed by atoms with Gasteiger partial charge in [-0.3, -0.25) is 0 Å². The van der Waals surface area contributed by atoms with Crippen LogP contribution in [0.1, 0.15) is 37.0 Å². The average molecular weight is 181 g/mol. The van der Waals surface area contributed by atoms with Gasteiger partial charge in [0.05, 0.1) is 5.69 Å². The number of hydrogen-bond acceptors (Lipinski definition) is 2. The van der Waals surface area contributed by atoms with Gasteiger partial charge in [-0.15, -0.1) is 0 Å². The highest BCUT2D eigenvalue weighted by atomic mass is 15.1. The van der Waals surface area contributed by atoms with Crippen LogP contribution >= 0.6 is 0 Å². The summed E-state index contributed by atoms with van der Waals surface area (Å²) in [5.74, 6) is 1.56. The van der Waals surface area contributed by atoms with Crippen LogP contribution in [-0.4, -0.2) is 16.1 Å². The van der Waals surface area contributed by atoms with Crippen molar-refractivity contribution in [3.8, 4) is 0 Å². The Bertz CT molecular complexity index is 287. The zero-order chi connectivity index (χ0) is 10.0. The summed E-state index contributed by atoms with van der Waals surface area (Å²) in [4.78, 5) is 4.54. The van der Waals surface area contributed by atoms with Crippen molar-refractivity contribution in [1.82, 2.24) is 9.55 Å². The molecule has 0 atom stereocenters. The van der Waals surface area contributed by atoms with Gasteiger partial charge in [0, 0.05) is 19.2 Å². The largest absolute Gasteiger partial charge is 0.335 e. The minimum absolute atomic E-state index is 0.487. The standard InChI is InChI=1S/C10H19N3/c1-7(2)10-9(5-6-11)13(4)8(3)12-10/h7H,5-6,11H2,1-4H3. The number of nitrogens with zero attached hydrogens (tertiary/aromatic N) is 2. The van der Waals surface area contributed by atoms with Crippen molar-refractivity contribution < 1.29 is 0 Å². The van der Waals surface area contributed by atoms with Crippen LogP contribution in [0.2, 0.25) is 0 Å². The van der Waals surface area contributed by atoms with Gasteiger partial charge in [0.2, 0.25) is 0 Å². The first-order valence-electron chi connectivity index (χ1n) is 4.80. The second-order valence-electron chi connectivity index (χ2n) is 3.74. The van der Waals surface area contributed by atoms with Crippen LogP contribution in [0.4, 0.5) is 0 Å². The van der Waals surface area contributed by atoms with E-state index in [9.17, 15) is 0 Å². The second kappa shape index (κ2) is 3.92. The minimum atomic E-state index is 0.487. The van der Waals surface area contributed by atoms with Gasteiger partial charge in [-0.2, -0.15) is 0 Å². The monoisotopic (exact) mass is 181 g/mol. The quantitative estimate of drug-likeness (QED) is 0.765. The molecular weight excluding hydrogens is 162 g/mol. The molecule has 0 unspecified atom stereocenters. The first-order chi connectivity index (χ1) is 6.07. The molecule has 1 aromatic rings. The maximum Gasteiger partial charge on any atom is 0.105 e. The van der Waals surface area contributed by atoms with E-state index in [2.05, 4.69) is 30.4 Å². The van der Waals surface area contributed by atoms with Crippen LogP contribution in [0.5, 0.6) is 0 Å². The first-order valence-corrected chi connectivity index (χ1v) is 4.80. The Kier molecular flexibility index (Phi) is 3.09. The lowest BCUT2D eigenvalue weighted by atomic mass is 10.1. The molecule has 0 aliphatic heterocycles. The van der Waals surface area contributed by atoms with Crippen LogP contribution in [-0.2, 0) is 13.5 Å². The topological polar surface area (TPSA) is 43.8 Å². The highest BCUT2D eigenvalue weighted by Gasteiger charge is 2.13. The zero-order valence-electron chi connectivity index (χ0n) is 8.96. The van der Waals surface area contributed by atoms with E-state index in [4.69, 9.17) is 5.73 Å². The van der Waals surface area contributed by atoms with Crippen molar-refractivity contribution in [2.75, 3.05) is 6.54 Å². The molecular formula is C10H19N3. The summed E-state index contributed by atoms with van der Waals surface area (Å²) in [6, 6.07) is 0. The van der Waals surface area contributed by atoms with E-state index in [1.807, 2.05) is 6.92 Å². The van der Waals surface area contributed by atoms with Gasteiger partial charge in [0.25, 0.3) is 0 Å². The van der Waals surface area contributed by atoms with Crippen molar-refractivity contribution >= 4 is 0 Å².